The number of nitrogens with zero attached hydrogens (tertiary/aromatic N) is 3. The third-order valence-corrected chi connectivity index (χ3v) is 2.82. The van der Waals surface area contributed by atoms with Gasteiger partial charge in [0.1, 0.15) is 5.60 Å². The first kappa shape index (κ1) is 12.7. The molecular formula is C13H17N3O2. The van der Waals surface area contributed by atoms with Gasteiger partial charge >= 0.3 is 0 Å². The number of ether oxygens (including phenoxy) is 1. The van der Waals surface area contributed by atoms with Gasteiger partial charge < -0.3 is 9.84 Å². The minimum absolute atomic E-state index is 0.216. The van der Waals surface area contributed by atoms with E-state index in [4.69, 9.17) is 4.74 Å². The summed E-state index contributed by atoms with van der Waals surface area (Å²) >= 11 is 0. The largest absolute Gasteiger partial charge is 0.382 e. The summed E-state index contributed by atoms with van der Waals surface area (Å²) < 4.78 is 6.75. The molecular weight excluding hydrogens is 230 g/mol. The summed E-state index contributed by atoms with van der Waals surface area (Å²) in [5.74, 6) is 0. The van der Waals surface area contributed by atoms with Gasteiger partial charge in [0.2, 0.25) is 0 Å². The molecule has 0 saturated carbocycles. The van der Waals surface area contributed by atoms with Crippen LogP contribution in [-0.4, -0.2) is 33.8 Å². The van der Waals surface area contributed by atoms with Gasteiger partial charge in [0.25, 0.3) is 0 Å². The number of aryl methyl sites for hydroxylation is 1. The van der Waals surface area contributed by atoms with Crippen molar-refractivity contribution in [2.75, 3.05) is 13.7 Å². The monoisotopic (exact) mass is 247 g/mol. The molecule has 1 atom stereocenters. The zero-order valence-electron chi connectivity index (χ0n) is 10.6. The Morgan fingerprint density at radius 1 is 1.33 bits per heavy atom. The van der Waals surface area contributed by atoms with E-state index >= 15 is 0 Å². The van der Waals surface area contributed by atoms with Gasteiger partial charge in [0.05, 0.1) is 12.3 Å². The summed E-state index contributed by atoms with van der Waals surface area (Å²) in [4.78, 5) is 0. The van der Waals surface area contributed by atoms with Gasteiger partial charge in [-0.25, -0.2) is 0 Å². The Balaban J connectivity index is 2.26. The Labute approximate surface area is 106 Å². The number of benzene rings is 1. The Bertz CT molecular complexity index is 498. The molecule has 5 nitrogen and oxygen atoms in total. The summed E-state index contributed by atoms with van der Waals surface area (Å²) in [6.07, 6.45) is 2.17. The number of aromatic nitrogens is 3. The van der Waals surface area contributed by atoms with Crippen molar-refractivity contribution in [3.63, 3.8) is 0 Å². The highest BCUT2D eigenvalue weighted by molar-refractivity contribution is 5.24. The van der Waals surface area contributed by atoms with E-state index in [1.807, 2.05) is 30.3 Å². The number of hydrogen-bond acceptors (Lipinski definition) is 4. The van der Waals surface area contributed by atoms with Crippen LogP contribution < -0.4 is 0 Å². The maximum atomic E-state index is 10.7. The molecule has 5 heteroatoms. The minimum atomic E-state index is -1.08. The summed E-state index contributed by atoms with van der Waals surface area (Å²) in [6, 6.07) is 9.48. The van der Waals surface area contributed by atoms with Crippen molar-refractivity contribution in [1.29, 1.82) is 0 Å². The summed E-state index contributed by atoms with van der Waals surface area (Å²) in [7, 11) is 3.37. The lowest BCUT2D eigenvalue weighted by Gasteiger charge is -2.27. The zero-order chi connectivity index (χ0) is 13.0. The van der Waals surface area contributed by atoms with Crippen LogP contribution in [-0.2, 0) is 23.8 Å². The average Bonchev–Trinajstić information content (AvgIpc) is 2.76. The van der Waals surface area contributed by atoms with Gasteiger partial charge in [-0.1, -0.05) is 35.5 Å². The number of hydrogen-bond donors (Lipinski definition) is 1. The Morgan fingerprint density at radius 2 is 2.06 bits per heavy atom. The van der Waals surface area contributed by atoms with Gasteiger partial charge in [-0.3, -0.25) is 4.68 Å². The predicted octanol–water partition coefficient (Wildman–Crippen LogP) is 0.892. The van der Waals surface area contributed by atoms with E-state index in [-0.39, 0.29) is 6.61 Å². The van der Waals surface area contributed by atoms with Gasteiger partial charge in [-0.05, 0) is 5.56 Å². The lowest BCUT2D eigenvalue weighted by atomic mass is 9.90. The fourth-order valence-corrected chi connectivity index (χ4v) is 2.00. The third kappa shape index (κ3) is 2.75. The molecule has 2 rings (SSSR count). The van der Waals surface area contributed by atoms with E-state index < -0.39 is 5.60 Å². The molecule has 1 N–H and O–H groups in total. The topological polar surface area (TPSA) is 60.2 Å². The van der Waals surface area contributed by atoms with Crippen molar-refractivity contribution in [3.8, 4) is 0 Å². The van der Waals surface area contributed by atoms with E-state index in [1.165, 1.54) is 0 Å². The molecule has 1 unspecified atom stereocenters. The van der Waals surface area contributed by atoms with Crippen molar-refractivity contribution < 1.29 is 9.84 Å². The smallest absolute Gasteiger partial charge is 0.118 e. The first-order chi connectivity index (χ1) is 8.64. The van der Waals surface area contributed by atoms with Crippen LogP contribution in [0.3, 0.4) is 0 Å². The number of aliphatic hydroxyl groups is 1. The van der Waals surface area contributed by atoms with Gasteiger partial charge in [-0.2, -0.15) is 0 Å². The highest BCUT2D eigenvalue weighted by Crippen LogP contribution is 2.25. The molecule has 0 aliphatic rings. The highest BCUT2D eigenvalue weighted by Gasteiger charge is 2.30. The standard InChI is InChI=1S/C13H17N3O2/c1-16-9-12(14-15-16)8-13(17,10-18-2)11-6-4-3-5-7-11/h3-7,9,17H,8,10H2,1-2H3. The second kappa shape index (κ2) is 5.29. The number of rotatable bonds is 5. The van der Waals surface area contributed by atoms with Crippen molar-refractivity contribution >= 4 is 0 Å². The zero-order valence-corrected chi connectivity index (χ0v) is 10.6. The fourth-order valence-electron chi connectivity index (χ4n) is 2.00. The van der Waals surface area contributed by atoms with Crippen LogP contribution in [0.1, 0.15) is 11.3 Å². The molecule has 0 radical (unpaired) electrons. The van der Waals surface area contributed by atoms with E-state index in [0.717, 1.165) is 11.3 Å². The Morgan fingerprint density at radius 3 is 2.61 bits per heavy atom. The fraction of sp³-hybridized carbons (Fsp3) is 0.385. The summed E-state index contributed by atoms with van der Waals surface area (Å²) in [6.45, 7) is 0.216. The Kier molecular flexibility index (Phi) is 3.74. The van der Waals surface area contributed by atoms with Crippen molar-refractivity contribution in [3.05, 3.63) is 47.8 Å². The highest BCUT2D eigenvalue weighted by atomic mass is 16.5. The average molecular weight is 247 g/mol. The molecule has 2 aromatic rings. The maximum absolute atomic E-state index is 10.7. The quantitative estimate of drug-likeness (QED) is 0.852. The van der Waals surface area contributed by atoms with Crippen LogP contribution in [0.15, 0.2) is 36.5 Å². The molecule has 0 aliphatic heterocycles. The van der Waals surface area contributed by atoms with Crippen LogP contribution in [0.5, 0.6) is 0 Å². The first-order valence-corrected chi connectivity index (χ1v) is 5.76. The molecule has 1 aromatic heterocycles. The normalized spacial score (nSPS) is 14.4. The lowest BCUT2D eigenvalue weighted by molar-refractivity contribution is -0.0361. The van der Waals surface area contributed by atoms with Crippen molar-refractivity contribution in [2.24, 2.45) is 7.05 Å². The molecule has 0 spiro atoms. The summed E-state index contributed by atoms with van der Waals surface area (Å²) in [5, 5.41) is 18.6. The van der Waals surface area contributed by atoms with Gasteiger partial charge in [-0.15, -0.1) is 5.10 Å². The second-order valence-electron chi connectivity index (χ2n) is 4.39. The first-order valence-electron chi connectivity index (χ1n) is 5.76. The molecule has 0 aliphatic carbocycles. The SMILES string of the molecule is COCC(O)(Cc1cn(C)nn1)c1ccccc1. The maximum Gasteiger partial charge on any atom is 0.118 e. The van der Waals surface area contributed by atoms with Crippen LogP contribution in [0, 0.1) is 0 Å². The van der Waals surface area contributed by atoms with Crippen LogP contribution >= 0.6 is 0 Å². The molecule has 1 heterocycles. The summed E-state index contributed by atoms with van der Waals surface area (Å²) in [5.41, 5.74) is 0.477. The van der Waals surface area contributed by atoms with Gasteiger partial charge in [0, 0.05) is 26.8 Å². The van der Waals surface area contributed by atoms with Gasteiger partial charge in [0.15, 0.2) is 0 Å². The molecule has 96 valence electrons. The van der Waals surface area contributed by atoms with Crippen LogP contribution in [0.25, 0.3) is 0 Å². The molecule has 0 saturated heterocycles. The van der Waals surface area contributed by atoms with Crippen molar-refractivity contribution in [1.82, 2.24) is 15.0 Å². The Hall–Kier alpha value is -1.72. The van der Waals surface area contributed by atoms with E-state index in [2.05, 4.69) is 10.3 Å². The van der Waals surface area contributed by atoms with E-state index in [0.29, 0.717) is 6.42 Å². The predicted molar refractivity (Wildman–Crippen MR) is 66.9 cm³/mol. The molecule has 0 amide bonds. The third-order valence-electron chi connectivity index (χ3n) is 2.82. The minimum Gasteiger partial charge on any atom is -0.382 e. The van der Waals surface area contributed by atoms with E-state index in [1.54, 1.807) is 25.0 Å². The molecule has 18 heavy (non-hydrogen) atoms. The van der Waals surface area contributed by atoms with E-state index in [9.17, 15) is 5.11 Å². The molecule has 0 bridgehead atoms. The molecule has 1 aromatic carbocycles. The van der Waals surface area contributed by atoms with Crippen molar-refractivity contribution in [2.45, 2.75) is 12.0 Å². The van der Waals surface area contributed by atoms with Crippen LogP contribution in [0.4, 0.5) is 0 Å². The number of methoxy groups -OCH3 is 1. The molecule has 0 fully saturated rings. The van der Waals surface area contributed by atoms with Crippen LogP contribution in [0.2, 0.25) is 0 Å². The second-order valence-corrected chi connectivity index (χ2v) is 4.39. The lowest BCUT2D eigenvalue weighted by Crippen LogP contribution is -2.34.